The van der Waals surface area contributed by atoms with Crippen molar-refractivity contribution in [3.8, 4) is 6.07 Å². The molecule has 0 N–H and O–H groups in total. The molecular weight excluding hydrogens is 390 g/mol. The Kier molecular flexibility index (Phi) is 5.39. The number of aromatic nitrogens is 2. The molecule has 0 unspecified atom stereocenters. The molecule has 0 atom stereocenters. The number of carbonyl (C=O) groups is 1. The molecule has 0 saturated carbocycles. The van der Waals surface area contributed by atoms with Gasteiger partial charge < -0.3 is 0 Å². The molecule has 0 aliphatic rings. The Morgan fingerprint density at radius 3 is 2.63 bits per heavy atom. The first-order valence-corrected chi connectivity index (χ1v) is 9.40. The van der Waals surface area contributed by atoms with Crippen LogP contribution in [0.4, 0.5) is 19.6 Å². The molecule has 27 heavy (non-hydrogen) atoms. The lowest BCUT2D eigenvalue weighted by Crippen LogP contribution is -2.23. The number of nitriles is 1. The summed E-state index contributed by atoms with van der Waals surface area (Å²) < 4.78 is 27.3. The van der Waals surface area contributed by atoms with Crippen molar-refractivity contribution >= 4 is 51.0 Å². The maximum atomic E-state index is 14.1. The van der Waals surface area contributed by atoms with Crippen molar-refractivity contribution in [2.24, 2.45) is 0 Å². The smallest absolute Gasteiger partial charge is 0.230 e. The van der Waals surface area contributed by atoms with Gasteiger partial charge in [0.1, 0.15) is 22.7 Å². The van der Waals surface area contributed by atoms with Gasteiger partial charge in [-0.15, -0.1) is 22.7 Å². The Labute approximate surface area is 161 Å². The second-order valence-electron chi connectivity index (χ2n) is 5.47. The summed E-state index contributed by atoms with van der Waals surface area (Å²) in [6.07, 6.45) is 1.55. The fourth-order valence-corrected chi connectivity index (χ4v) is 3.88. The molecule has 1 amide bonds. The first kappa shape index (κ1) is 18.8. The summed E-state index contributed by atoms with van der Waals surface area (Å²) in [4.78, 5) is 21.7. The van der Waals surface area contributed by atoms with Crippen LogP contribution in [0.2, 0.25) is 0 Å². The van der Waals surface area contributed by atoms with Crippen molar-refractivity contribution in [2.75, 3.05) is 4.90 Å². The van der Waals surface area contributed by atoms with E-state index in [1.165, 1.54) is 24.3 Å². The van der Waals surface area contributed by atoms with Crippen molar-refractivity contribution in [3.05, 3.63) is 57.0 Å². The molecule has 2 heterocycles. The average Bonchev–Trinajstić information content (AvgIpc) is 3.24. The van der Waals surface area contributed by atoms with E-state index in [1.54, 1.807) is 11.5 Å². The molecule has 0 aliphatic heterocycles. The fraction of sp³-hybridized carbons (Fsp3) is 0.111. The Hall–Kier alpha value is -2.96. The zero-order valence-corrected chi connectivity index (χ0v) is 15.9. The number of aryl methyl sites for hydroxylation is 1. The lowest BCUT2D eigenvalue weighted by Gasteiger charge is -2.18. The van der Waals surface area contributed by atoms with Crippen molar-refractivity contribution in [1.82, 2.24) is 9.97 Å². The van der Waals surface area contributed by atoms with Gasteiger partial charge in [-0.1, -0.05) is 0 Å². The molecule has 1 aromatic carbocycles. The zero-order chi connectivity index (χ0) is 19.6. The lowest BCUT2D eigenvalue weighted by atomic mass is 10.2. The van der Waals surface area contributed by atoms with E-state index in [0.717, 1.165) is 28.0 Å². The molecule has 136 valence electrons. The number of carbonyl (C=O) groups excluding carboxylic acids is 1. The van der Waals surface area contributed by atoms with E-state index in [9.17, 15) is 18.8 Å². The van der Waals surface area contributed by atoms with Crippen LogP contribution in [0.25, 0.3) is 11.6 Å². The van der Waals surface area contributed by atoms with Crippen molar-refractivity contribution < 1.29 is 13.6 Å². The number of allylic oxidation sites excluding steroid dienone is 1. The lowest BCUT2D eigenvalue weighted by molar-refractivity contribution is -0.115. The van der Waals surface area contributed by atoms with E-state index in [-0.39, 0.29) is 10.8 Å². The van der Waals surface area contributed by atoms with Crippen molar-refractivity contribution in [2.45, 2.75) is 13.8 Å². The number of halogens is 2. The predicted molar refractivity (Wildman–Crippen MR) is 102 cm³/mol. The Bertz CT molecular complexity index is 1080. The third-order valence-corrected chi connectivity index (χ3v) is 5.27. The highest BCUT2D eigenvalue weighted by Crippen LogP contribution is 2.32. The number of benzene rings is 1. The normalized spacial score (nSPS) is 11.3. The second-order valence-corrected chi connectivity index (χ2v) is 7.16. The first-order chi connectivity index (χ1) is 12.9. The minimum atomic E-state index is -0.867. The van der Waals surface area contributed by atoms with E-state index < -0.39 is 17.5 Å². The van der Waals surface area contributed by atoms with Crippen LogP contribution in [0.3, 0.4) is 0 Å². The molecule has 9 heteroatoms. The SMILES string of the molecule is CC(=O)N(c1nc(/C=C(\C#N)c2nc(C)cs2)cs1)c1ccc(F)cc1F. The van der Waals surface area contributed by atoms with E-state index in [4.69, 9.17) is 0 Å². The van der Waals surface area contributed by atoms with E-state index in [2.05, 4.69) is 16.0 Å². The van der Waals surface area contributed by atoms with Crippen molar-refractivity contribution in [3.63, 3.8) is 0 Å². The fourth-order valence-electron chi connectivity index (χ4n) is 2.28. The van der Waals surface area contributed by atoms with Gasteiger partial charge in [0.25, 0.3) is 0 Å². The van der Waals surface area contributed by atoms with Gasteiger partial charge in [-0.3, -0.25) is 9.69 Å². The maximum Gasteiger partial charge on any atom is 0.230 e. The third kappa shape index (κ3) is 4.07. The number of anilines is 2. The summed E-state index contributed by atoms with van der Waals surface area (Å²) in [7, 11) is 0. The summed E-state index contributed by atoms with van der Waals surface area (Å²) in [5.74, 6) is -2.07. The van der Waals surface area contributed by atoms with Gasteiger partial charge in [-0.2, -0.15) is 5.26 Å². The number of thiazole rings is 2. The van der Waals surface area contributed by atoms with Gasteiger partial charge in [0.2, 0.25) is 5.91 Å². The van der Waals surface area contributed by atoms with Crippen LogP contribution in [0.15, 0.2) is 29.0 Å². The highest BCUT2D eigenvalue weighted by atomic mass is 32.1. The molecule has 3 rings (SSSR count). The second kappa shape index (κ2) is 7.73. The van der Waals surface area contributed by atoms with Gasteiger partial charge in [0.05, 0.1) is 17.0 Å². The third-order valence-electron chi connectivity index (χ3n) is 3.43. The zero-order valence-electron chi connectivity index (χ0n) is 14.2. The number of nitrogens with zero attached hydrogens (tertiary/aromatic N) is 4. The van der Waals surface area contributed by atoms with Crippen LogP contribution >= 0.6 is 22.7 Å². The van der Waals surface area contributed by atoms with Gasteiger partial charge in [0.15, 0.2) is 5.13 Å². The van der Waals surface area contributed by atoms with Crippen LogP contribution in [-0.4, -0.2) is 15.9 Å². The number of hydrogen-bond donors (Lipinski definition) is 0. The predicted octanol–water partition coefficient (Wildman–Crippen LogP) is 4.94. The van der Waals surface area contributed by atoms with Crippen LogP contribution in [-0.2, 0) is 4.79 Å². The molecule has 0 radical (unpaired) electrons. The van der Waals surface area contributed by atoms with Crippen molar-refractivity contribution in [1.29, 1.82) is 5.26 Å². The monoisotopic (exact) mass is 402 g/mol. The van der Waals surface area contributed by atoms with Crippen LogP contribution in [0.5, 0.6) is 0 Å². The van der Waals surface area contributed by atoms with Gasteiger partial charge in [-0.05, 0) is 25.1 Å². The molecular formula is C18H12F2N4OS2. The Balaban J connectivity index is 1.98. The van der Waals surface area contributed by atoms with Gasteiger partial charge in [-0.25, -0.2) is 18.7 Å². The van der Waals surface area contributed by atoms with E-state index >= 15 is 0 Å². The Morgan fingerprint density at radius 1 is 1.26 bits per heavy atom. The maximum absolute atomic E-state index is 14.1. The largest absolute Gasteiger partial charge is 0.274 e. The average molecular weight is 402 g/mol. The highest BCUT2D eigenvalue weighted by molar-refractivity contribution is 7.14. The minimum absolute atomic E-state index is 0.0927. The molecule has 0 saturated heterocycles. The summed E-state index contributed by atoms with van der Waals surface area (Å²) in [6.45, 7) is 3.09. The molecule has 3 aromatic rings. The topological polar surface area (TPSA) is 69.9 Å². The first-order valence-electron chi connectivity index (χ1n) is 7.64. The van der Waals surface area contributed by atoms with Crippen LogP contribution in [0.1, 0.15) is 23.3 Å². The molecule has 0 aliphatic carbocycles. The summed E-state index contributed by atoms with van der Waals surface area (Å²) in [5.41, 5.74) is 1.50. The molecule has 0 bridgehead atoms. The molecule has 5 nitrogen and oxygen atoms in total. The van der Waals surface area contributed by atoms with Gasteiger partial charge >= 0.3 is 0 Å². The van der Waals surface area contributed by atoms with E-state index in [0.29, 0.717) is 22.3 Å². The molecule has 0 fully saturated rings. The quantitative estimate of drug-likeness (QED) is 0.580. The summed E-state index contributed by atoms with van der Waals surface area (Å²) in [6, 6.07) is 5.04. The highest BCUT2D eigenvalue weighted by Gasteiger charge is 2.21. The summed E-state index contributed by atoms with van der Waals surface area (Å²) >= 11 is 2.45. The van der Waals surface area contributed by atoms with Crippen LogP contribution in [0, 0.1) is 29.9 Å². The van der Waals surface area contributed by atoms with Gasteiger partial charge in [0, 0.05) is 29.4 Å². The number of amides is 1. The number of rotatable bonds is 4. The minimum Gasteiger partial charge on any atom is -0.274 e. The van der Waals surface area contributed by atoms with Crippen LogP contribution < -0.4 is 4.90 Å². The molecule has 0 spiro atoms. The van der Waals surface area contributed by atoms with E-state index in [1.807, 2.05) is 12.3 Å². The number of hydrogen-bond acceptors (Lipinski definition) is 6. The standard InChI is InChI=1S/C18H12F2N4OS2/c1-10-8-26-17(22-10)12(7-21)5-14-9-27-18(23-14)24(11(2)25)16-4-3-13(19)6-15(16)20/h3-6,8-9H,1-2H3/b12-5+. The Morgan fingerprint density at radius 2 is 2.04 bits per heavy atom. The molecule has 2 aromatic heterocycles. The summed E-state index contributed by atoms with van der Waals surface area (Å²) in [5, 5.41) is 13.6.